The lowest BCUT2D eigenvalue weighted by Crippen LogP contribution is -2.37. The fourth-order valence-corrected chi connectivity index (χ4v) is 3.04. The maximum absolute atomic E-state index is 10.0. The van der Waals surface area contributed by atoms with Crippen molar-refractivity contribution in [2.75, 3.05) is 28.3 Å². The van der Waals surface area contributed by atoms with Crippen molar-refractivity contribution in [3.05, 3.63) is 53.8 Å². The minimum Gasteiger partial charge on any atom is -0.502 e. The maximum atomic E-state index is 10.0. The van der Waals surface area contributed by atoms with Gasteiger partial charge < -0.3 is 29.2 Å². The highest BCUT2D eigenvalue weighted by Crippen LogP contribution is 2.37. The molecule has 148 valence electrons. The van der Waals surface area contributed by atoms with Crippen molar-refractivity contribution < 1.29 is 19.0 Å². The standard InChI is InChI=1S/C21H25N3O4/c1-22-21(23-12-14-9-18(26-3)20(25)19(10-14)27-4)24(2)13-16-11-15-7-5-6-8-17(15)28-16/h5-11,25H,12-13H2,1-4H3,(H,22,23). The molecule has 0 bridgehead atoms. The van der Waals surface area contributed by atoms with Gasteiger partial charge in [-0.2, -0.15) is 0 Å². The number of para-hydroxylation sites is 1. The second-order valence-electron chi connectivity index (χ2n) is 6.36. The summed E-state index contributed by atoms with van der Waals surface area (Å²) < 4.78 is 16.3. The minimum atomic E-state index is -0.0138. The quantitative estimate of drug-likeness (QED) is 0.502. The average molecular weight is 383 g/mol. The number of nitrogens with one attached hydrogen (secondary N) is 1. The van der Waals surface area contributed by atoms with E-state index in [9.17, 15) is 5.11 Å². The molecule has 2 N–H and O–H groups in total. The highest BCUT2D eigenvalue weighted by Gasteiger charge is 2.13. The van der Waals surface area contributed by atoms with Crippen molar-refractivity contribution in [1.82, 2.24) is 10.2 Å². The Kier molecular flexibility index (Phi) is 5.93. The van der Waals surface area contributed by atoms with Crippen molar-refractivity contribution >= 4 is 16.9 Å². The summed E-state index contributed by atoms with van der Waals surface area (Å²) in [6, 6.07) is 13.5. The van der Waals surface area contributed by atoms with E-state index in [0.29, 0.717) is 30.5 Å². The van der Waals surface area contributed by atoms with Crippen molar-refractivity contribution in [2.45, 2.75) is 13.1 Å². The van der Waals surface area contributed by atoms with Crippen molar-refractivity contribution in [3.8, 4) is 17.2 Å². The highest BCUT2D eigenvalue weighted by atomic mass is 16.5. The predicted octanol–water partition coefficient (Wildman–Crippen LogP) is 3.36. The van der Waals surface area contributed by atoms with Crippen LogP contribution < -0.4 is 14.8 Å². The second-order valence-corrected chi connectivity index (χ2v) is 6.36. The number of aromatic hydroxyl groups is 1. The molecule has 3 rings (SSSR count). The third-order valence-electron chi connectivity index (χ3n) is 4.43. The molecule has 0 aliphatic rings. The summed E-state index contributed by atoms with van der Waals surface area (Å²) in [5.41, 5.74) is 1.77. The molecule has 28 heavy (non-hydrogen) atoms. The number of fused-ring (bicyclic) bond motifs is 1. The first-order valence-corrected chi connectivity index (χ1v) is 8.88. The molecule has 0 fully saturated rings. The van der Waals surface area contributed by atoms with Gasteiger partial charge in [-0.25, -0.2) is 0 Å². The molecule has 0 aliphatic carbocycles. The highest BCUT2D eigenvalue weighted by molar-refractivity contribution is 5.80. The zero-order valence-electron chi connectivity index (χ0n) is 16.5. The van der Waals surface area contributed by atoms with Gasteiger partial charge in [-0.3, -0.25) is 4.99 Å². The van der Waals surface area contributed by atoms with Gasteiger partial charge in [-0.15, -0.1) is 0 Å². The largest absolute Gasteiger partial charge is 0.502 e. The monoisotopic (exact) mass is 383 g/mol. The number of phenolic OH excluding ortho intramolecular Hbond substituents is 1. The van der Waals surface area contributed by atoms with Crippen LogP contribution in [0.3, 0.4) is 0 Å². The van der Waals surface area contributed by atoms with Gasteiger partial charge in [-0.1, -0.05) is 18.2 Å². The van der Waals surface area contributed by atoms with E-state index in [-0.39, 0.29) is 5.75 Å². The smallest absolute Gasteiger partial charge is 0.200 e. The molecule has 3 aromatic rings. The van der Waals surface area contributed by atoms with Crippen LogP contribution in [0, 0.1) is 0 Å². The Morgan fingerprint density at radius 3 is 2.43 bits per heavy atom. The van der Waals surface area contributed by atoms with E-state index >= 15 is 0 Å². The van der Waals surface area contributed by atoms with Crippen LogP contribution >= 0.6 is 0 Å². The Morgan fingerprint density at radius 2 is 1.82 bits per heavy atom. The molecule has 1 aromatic heterocycles. The molecule has 0 aliphatic heterocycles. The van der Waals surface area contributed by atoms with E-state index in [2.05, 4.69) is 10.3 Å². The average Bonchev–Trinajstić information content (AvgIpc) is 3.11. The summed E-state index contributed by atoms with van der Waals surface area (Å²) in [7, 11) is 6.69. The number of furan rings is 1. The van der Waals surface area contributed by atoms with Gasteiger partial charge in [0, 0.05) is 26.0 Å². The number of nitrogens with zero attached hydrogens (tertiary/aromatic N) is 2. The first-order valence-electron chi connectivity index (χ1n) is 8.88. The van der Waals surface area contributed by atoms with Crippen LogP contribution in [0.2, 0.25) is 0 Å². The summed E-state index contributed by atoms with van der Waals surface area (Å²) in [6.45, 7) is 1.07. The minimum absolute atomic E-state index is 0.0138. The molecule has 1 heterocycles. The first kappa shape index (κ1) is 19.4. The summed E-state index contributed by atoms with van der Waals surface area (Å²) >= 11 is 0. The number of rotatable bonds is 6. The van der Waals surface area contributed by atoms with Crippen molar-refractivity contribution in [2.24, 2.45) is 4.99 Å². The lowest BCUT2D eigenvalue weighted by molar-refractivity contribution is 0.339. The molecular formula is C21H25N3O4. The fraction of sp³-hybridized carbons (Fsp3) is 0.286. The number of methoxy groups -OCH3 is 2. The molecule has 7 nitrogen and oxygen atoms in total. The zero-order valence-corrected chi connectivity index (χ0v) is 16.5. The van der Waals surface area contributed by atoms with Gasteiger partial charge in [0.15, 0.2) is 17.5 Å². The summed E-state index contributed by atoms with van der Waals surface area (Å²) in [4.78, 5) is 6.31. The van der Waals surface area contributed by atoms with E-state index < -0.39 is 0 Å². The zero-order chi connectivity index (χ0) is 20.1. The molecule has 7 heteroatoms. The Morgan fingerprint density at radius 1 is 1.14 bits per heavy atom. The molecule has 0 saturated carbocycles. The summed E-state index contributed by atoms with van der Waals surface area (Å²) in [5.74, 6) is 2.29. The van der Waals surface area contributed by atoms with Crippen LogP contribution in [-0.2, 0) is 13.1 Å². The Labute approximate surface area is 164 Å². The molecule has 0 saturated heterocycles. The number of ether oxygens (including phenoxy) is 2. The molecular weight excluding hydrogens is 358 g/mol. The summed E-state index contributed by atoms with van der Waals surface area (Å²) in [6.07, 6.45) is 0. The van der Waals surface area contributed by atoms with Crippen molar-refractivity contribution in [1.29, 1.82) is 0 Å². The van der Waals surface area contributed by atoms with Gasteiger partial charge in [0.2, 0.25) is 5.75 Å². The van der Waals surface area contributed by atoms with Crippen LogP contribution in [0.25, 0.3) is 11.0 Å². The molecule has 2 aromatic carbocycles. The third kappa shape index (κ3) is 4.14. The van der Waals surface area contributed by atoms with E-state index in [0.717, 1.165) is 22.3 Å². The number of hydrogen-bond acceptors (Lipinski definition) is 5. The normalized spacial score (nSPS) is 11.5. The van der Waals surface area contributed by atoms with Gasteiger partial charge in [-0.05, 0) is 29.8 Å². The van der Waals surface area contributed by atoms with Gasteiger partial charge >= 0.3 is 0 Å². The Balaban J connectivity index is 1.68. The number of benzene rings is 2. The van der Waals surface area contributed by atoms with Crippen LogP contribution in [0.15, 0.2) is 51.9 Å². The molecule has 0 atom stereocenters. The van der Waals surface area contributed by atoms with Crippen LogP contribution in [0.4, 0.5) is 0 Å². The molecule has 0 unspecified atom stereocenters. The molecule has 0 spiro atoms. The van der Waals surface area contributed by atoms with E-state index in [1.165, 1.54) is 14.2 Å². The van der Waals surface area contributed by atoms with E-state index in [1.807, 2.05) is 42.3 Å². The van der Waals surface area contributed by atoms with Crippen LogP contribution in [-0.4, -0.2) is 44.3 Å². The van der Waals surface area contributed by atoms with Crippen LogP contribution in [0.5, 0.6) is 17.2 Å². The Bertz CT molecular complexity index is 923. The van der Waals surface area contributed by atoms with Gasteiger partial charge in [0.25, 0.3) is 0 Å². The number of phenols is 1. The summed E-state index contributed by atoms with van der Waals surface area (Å²) in [5, 5.41) is 14.4. The first-order chi connectivity index (χ1) is 13.5. The lowest BCUT2D eigenvalue weighted by atomic mass is 10.2. The topological polar surface area (TPSA) is 79.5 Å². The van der Waals surface area contributed by atoms with E-state index in [1.54, 1.807) is 19.2 Å². The number of guanidine groups is 1. The van der Waals surface area contributed by atoms with Gasteiger partial charge in [0.1, 0.15) is 11.3 Å². The predicted molar refractivity (Wildman–Crippen MR) is 109 cm³/mol. The SMILES string of the molecule is CN=C(NCc1cc(OC)c(O)c(OC)c1)N(C)Cc1cc2ccccc2o1. The number of aliphatic imine (C=N–C) groups is 1. The fourth-order valence-electron chi connectivity index (χ4n) is 3.04. The second kappa shape index (κ2) is 8.56. The Hall–Kier alpha value is -3.35. The van der Waals surface area contributed by atoms with Crippen molar-refractivity contribution in [3.63, 3.8) is 0 Å². The van der Waals surface area contributed by atoms with E-state index in [4.69, 9.17) is 13.9 Å². The molecule has 0 amide bonds. The van der Waals surface area contributed by atoms with Gasteiger partial charge in [0.05, 0.1) is 20.8 Å². The number of hydrogen-bond donors (Lipinski definition) is 2. The molecule has 0 radical (unpaired) electrons. The lowest BCUT2D eigenvalue weighted by Gasteiger charge is -2.21. The van der Waals surface area contributed by atoms with Crippen LogP contribution in [0.1, 0.15) is 11.3 Å². The third-order valence-corrected chi connectivity index (χ3v) is 4.43. The maximum Gasteiger partial charge on any atom is 0.200 e.